The van der Waals surface area contributed by atoms with Crippen LogP contribution in [0.2, 0.25) is 5.02 Å². The Labute approximate surface area is 130 Å². The predicted molar refractivity (Wildman–Crippen MR) is 84.0 cm³/mol. The molecular formula is C16H20ClN3O. The molecule has 0 saturated carbocycles. The van der Waals surface area contributed by atoms with Crippen LogP contribution >= 0.6 is 11.6 Å². The number of fused-ring (bicyclic) bond motifs is 1. The summed E-state index contributed by atoms with van der Waals surface area (Å²) < 4.78 is 7.82. The van der Waals surface area contributed by atoms with Gasteiger partial charge in [0.15, 0.2) is 0 Å². The topological polar surface area (TPSA) is 39.1 Å². The lowest BCUT2D eigenvalue weighted by atomic mass is 9.91. The summed E-state index contributed by atoms with van der Waals surface area (Å²) in [5.74, 6) is 1.22. The van der Waals surface area contributed by atoms with E-state index in [1.807, 2.05) is 23.9 Å². The zero-order valence-electron chi connectivity index (χ0n) is 12.3. The van der Waals surface area contributed by atoms with Gasteiger partial charge in [-0.1, -0.05) is 36.7 Å². The van der Waals surface area contributed by atoms with Crippen molar-refractivity contribution in [2.24, 2.45) is 0 Å². The number of hydrogen-bond acceptors (Lipinski definition) is 3. The number of benzene rings is 1. The second-order valence-corrected chi connectivity index (χ2v) is 5.73. The van der Waals surface area contributed by atoms with Crippen molar-refractivity contribution in [3.05, 3.63) is 46.7 Å². The van der Waals surface area contributed by atoms with E-state index in [4.69, 9.17) is 16.3 Å². The molecule has 1 aliphatic heterocycles. The molecule has 2 atom stereocenters. The van der Waals surface area contributed by atoms with Gasteiger partial charge in [-0.2, -0.15) is 5.10 Å². The molecule has 1 aliphatic rings. The molecule has 0 saturated heterocycles. The number of rotatable bonds is 5. The Morgan fingerprint density at radius 1 is 1.48 bits per heavy atom. The molecule has 4 nitrogen and oxygen atoms in total. The highest BCUT2D eigenvalue weighted by Gasteiger charge is 2.34. The zero-order chi connectivity index (χ0) is 14.8. The second-order valence-electron chi connectivity index (χ2n) is 5.32. The van der Waals surface area contributed by atoms with E-state index in [0.29, 0.717) is 11.6 Å². The molecule has 1 N–H and O–H groups in total. The normalized spacial score (nSPS) is 18.3. The van der Waals surface area contributed by atoms with Crippen molar-refractivity contribution in [1.29, 1.82) is 0 Å². The summed E-state index contributed by atoms with van der Waals surface area (Å²) in [6.45, 7) is 3.68. The summed E-state index contributed by atoms with van der Waals surface area (Å²) in [6.07, 6.45) is 2.76. The summed E-state index contributed by atoms with van der Waals surface area (Å²) >= 11 is 6.40. The number of aryl methyl sites for hydroxylation is 1. The molecular weight excluding hydrogens is 286 g/mol. The Morgan fingerprint density at radius 2 is 2.29 bits per heavy atom. The van der Waals surface area contributed by atoms with Crippen LogP contribution in [0.5, 0.6) is 5.75 Å². The van der Waals surface area contributed by atoms with Gasteiger partial charge in [-0.3, -0.25) is 4.68 Å². The third kappa shape index (κ3) is 2.54. The molecule has 0 bridgehead atoms. The van der Waals surface area contributed by atoms with Crippen LogP contribution in [0.3, 0.4) is 0 Å². The van der Waals surface area contributed by atoms with Gasteiger partial charge in [0.1, 0.15) is 5.75 Å². The van der Waals surface area contributed by atoms with Crippen molar-refractivity contribution in [2.75, 3.05) is 13.7 Å². The number of likely N-dealkylation sites (N-methyl/N-ethyl adjacent to an activating group) is 1. The maximum atomic E-state index is 6.40. The molecule has 1 aromatic carbocycles. The largest absolute Gasteiger partial charge is 0.493 e. The highest BCUT2D eigenvalue weighted by atomic mass is 35.5. The predicted octanol–water partition coefficient (Wildman–Crippen LogP) is 3.38. The van der Waals surface area contributed by atoms with Gasteiger partial charge < -0.3 is 10.1 Å². The quantitative estimate of drug-likeness (QED) is 0.920. The van der Waals surface area contributed by atoms with Crippen LogP contribution in [-0.2, 0) is 6.54 Å². The molecule has 3 rings (SSSR count). The Bertz CT molecular complexity index is 626. The molecule has 0 fully saturated rings. The van der Waals surface area contributed by atoms with E-state index in [9.17, 15) is 0 Å². The highest BCUT2D eigenvalue weighted by Crippen LogP contribution is 2.42. The minimum atomic E-state index is 0.0928. The average molecular weight is 306 g/mol. The number of nitrogens with one attached hydrogen (secondary N) is 1. The lowest BCUT2D eigenvalue weighted by Gasteiger charge is -2.24. The zero-order valence-corrected chi connectivity index (χ0v) is 13.1. The Hall–Kier alpha value is -1.52. The molecule has 2 heterocycles. The van der Waals surface area contributed by atoms with Crippen molar-refractivity contribution in [2.45, 2.75) is 31.8 Å². The molecule has 0 aliphatic carbocycles. The second kappa shape index (κ2) is 6.08. The van der Waals surface area contributed by atoms with E-state index in [-0.39, 0.29) is 12.0 Å². The minimum Gasteiger partial charge on any atom is -0.493 e. The number of hydrogen-bond donors (Lipinski definition) is 1. The van der Waals surface area contributed by atoms with Crippen LogP contribution < -0.4 is 10.1 Å². The maximum absolute atomic E-state index is 6.40. The summed E-state index contributed by atoms with van der Waals surface area (Å²) in [5.41, 5.74) is 2.28. The number of halogens is 1. The van der Waals surface area contributed by atoms with Crippen LogP contribution in [0.25, 0.3) is 0 Å². The smallest absolute Gasteiger partial charge is 0.122 e. The number of nitrogens with zero attached hydrogens (tertiary/aromatic N) is 2. The molecule has 0 spiro atoms. The molecule has 0 amide bonds. The van der Waals surface area contributed by atoms with Gasteiger partial charge in [-0.15, -0.1) is 0 Å². The first-order valence-corrected chi connectivity index (χ1v) is 7.74. The number of aromatic nitrogens is 2. The summed E-state index contributed by atoms with van der Waals surface area (Å²) in [6, 6.07) is 8.30. The van der Waals surface area contributed by atoms with E-state index in [0.717, 1.165) is 24.4 Å². The van der Waals surface area contributed by atoms with Gasteiger partial charge in [-0.05, 0) is 19.5 Å². The van der Waals surface area contributed by atoms with Crippen LogP contribution in [0.1, 0.15) is 36.6 Å². The molecule has 2 aromatic rings. The SMILES string of the molecule is CCCn1ncc(Cl)c1C(NC)C1COc2ccccc21. The third-order valence-electron chi connectivity index (χ3n) is 4.01. The van der Waals surface area contributed by atoms with Crippen LogP contribution in [0, 0.1) is 0 Å². The van der Waals surface area contributed by atoms with Crippen molar-refractivity contribution < 1.29 is 4.74 Å². The fourth-order valence-electron chi connectivity index (χ4n) is 3.06. The Kier molecular flexibility index (Phi) is 4.17. The fourth-order valence-corrected chi connectivity index (χ4v) is 3.32. The monoisotopic (exact) mass is 305 g/mol. The van der Waals surface area contributed by atoms with Gasteiger partial charge >= 0.3 is 0 Å². The van der Waals surface area contributed by atoms with E-state index >= 15 is 0 Å². The van der Waals surface area contributed by atoms with Gasteiger partial charge in [0.05, 0.1) is 29.6 Å². The summed E-state index contributed by atoms with van der Waals surface area (Å²) in [4.78, 5) is 0. The van der Waals surface area contributed by atoms with E-state index in [1.54, 1.807) is 6.20 Å². The number of para-hydroxylation sites is 1. The van der Waals surface area contributed by atoms with Crippen molar-refractivity contribution in [1.82, 2.24) is 15.1 Å². The summed E-state index contributed by atoms with van der Waals surface area (Å²) in [5, 5.41) is 8.52. The Morgan fingerprint density at radius 3 is 3.05 bits per heavy atom. The highest BCUT2D eigenvalue weighted by molar-refractivity contribution is 6.31. The standard InChI is InChI=1S/C16H20ClN3O/c1-3-8-20-16(13(17)9-19-20)15(18-2)12-10-21-14-7-5-4-6-11(12)14/h4-7,9,12,15,18H,3,8,10H2,1-2H3. The van der Waals surface area contributed by atoms with Crippen LogP contribution in [0.15, 0.2) is 30.5 Å². The van der Waals surface area contributed by atoms with Crippen molar-refractivity contribution in [3.63, 3.8) is 0 Å². The van der Waals surface area contributed by atoms with Gasteiger partial charge in [0.2, 0.25) is 0 Å². The summed E-state index contributed by atoms with van der Waals surface area (Å²) in [7, 11) is 1.96. The van der Waals surface area contributed by atoms with Gasteiger partial charge in [-0.25, -0.2) is 0 Å². The fraction of sp³-hybridized carbons (Fsp3) is 0.438. The van der Waals surface area contributed by atoms with Gasteiger partial charge in [0, 0.05) is 18.0 Å². The average Bonchev–Trinajstić information content (AvgIpc) is 3.07. The first kappa shape index (κ1) is 14.4. The van der Waals surface area contributed by atoms with Crippen molar-refractivity contribution >= 4 is 11.6 Å². The van der Waals surface area contributed by atoms with E-state index in [2.05, 4.69) is 29.5 Å². The molecule has 0 radical (unpaired) electrons. The van der Waals surface area contributed by atoms with Crippen molar-refractivity contribution in [3.8, 4) is 5.75 Å². The van der Waals surface area contributed by atoms with E-state index in [1.165, 1.54) is 5.56 Å². The molecule has 2 unspecified atom stereocenters. The molecule has 112 valence electrons. The first-order valence-electron chi connectivity index (χ1n) is 7.36. The molecule has 21 heavy (non-hydrogen) atoms. The Balaban J connectivity index is 1.99. The third-order valence-corrected chi connectivity index (χ3v) is 4.30. The lowest BCUT2D eigenvalue weighted by molar-refractivity contribution is 0.298. The maximum Gasteiger partial charge on any atom is 0.122 e. The molecule has 5 heteroatoms. The van der Waals surface area contributed by atoms with Crippen LogP contribution in [0.4, 0.5) is 0 Å². The van der Waals surface area contributed by atoms with Crippen LogP contribution in [-0.4, -0.2) is 23.4 Å². The first-order chi connectivity index (χ1) is 10.3. The van der Waals surface area contributed by atoms with E-state index < -0.39 is 0 Å². The van der Waals surface area contributed by atoms with Gasteiger partial charge in [0.25, 0.3) is 0 Å². The molecule has 1 aromatic heterocycles. The number of ether oxygens (including phenoxy) is 1. The lowest BCUT2D eigenvalue weighted by Crippen LogP contribution is -2.28. The minimum absolute atomic E-state index is 0.0928.